The van der Waals surface area contributed by atoms with Gasteiger partial charge in [0, 0.05) is 12.6 Å². The summed E-state index contributed by atoms with van der Waals surface area (Å²) in [5, 5.41) is 14.8. The van der Waals surface area contributed by atoms with E-state index in [1.165, 1.54) is 12.1 Å². The zero-order valence-corrected chi connectivity index (χ0v) is 12.9. The number of hydrogen-bond acceptors (Lipinski definition) is 2. The maximum Gasteiger partial charge on any atom is 0.416 e. The van der Waals surface area contributed by atoms with E-state index in [1.54, 1.807) is 13.0 Å². The summed E-state index contributed by atoms with van der Waals surface area (Å²) in [4.78, 5) is 11.7. The van der Waals surface area contributed by atoms with Crippen molar-refractivity contribution in [2.45, 2.75) is 44.5 Å². The van der Waals surface area contributed by atoms with Gasteiger partial charge in [0.15, 0.2) is 0 Å². The molecule has 128 valence electrons. The number of aliphatic hydroxyl groups is 1. The molecule has 1 aliphatic rings. The van der Waals surface area contributed by atoms with Crippen molar-refractivity contribution in [2.75, 3.05) is 6.54 Å². The third-order valence-corrected chi connectivity index (χ3v) is 3.86. The standard InChI is InChI=1S/C16H21F3N2O2/c1-10(21-15(23)20-9-14(22)11-6-7-11)8-12-4-2-3-5-13(12)16(17,18)19/h2-5,10-11,14,22H,6-9H2,1H3,(H2,20,21,23). The van der Waals surface area contributed by atoms with Crippen LogP contribution in [0, 0.1) is 5.92 Å². The van der Waals surface area contributed by atoms with Crippen molar-refractivity contribution in [2.24, 2.45) is 5.92 Å². The number of rotatable bonds is 6. The van der Waals surface area contributed by atoms with Gasteiger partial charge in [-0.05, 0) is 43.7 Å². The van der Waals surface area contributed by atoms with Crippen LogP contribution in [0.5, 0.6) is 0 Å². The summed E-state index contributed by atoms with van der Waals surface area (Å²) in [5.74, 6) is 0.256. The molecule has 3 N–H and O–H groups in total. The van der Waals surface area contributed by atoms with Crippen LogP contribution in [0.4, 0.5) is 18.0 Å². The lowest BCUT2D eigenvalue weighted by molar-refractivity contribution is -0.138. The Morgan fingerprint density at radius 3 is 2.61 bits per heavy atom. The number of alkyl halides is 3. The highest BCUT2D eigenvalue weighted by molar-refractivity contribution is 5.74. The Morgan fingerprint density at radius 1 is 1.35 bits per heavy atom. The molecule has 2 rings (SSSR count). The van der Waals surface area contributed by atoms with Crippen molar-refractivity contribution in [1.82, 2.24) is 10.6 Å². The fourth-order valence-corrected chi connectivity index (χ4v) is 2.48. The summed E-state index contributed by atoms with van der Waals surface area (Å²) in [6.07, 6.45) is -2.95. The predicted octanol–water partition coefficient (Wildman–Crippen LogP) is 2.71. The molecule has 1 aliphatic carbocycles. The van der Waals surface area contributed by atoms with Crippen molar-refractivity contribution in [3.63, 3.8) is 0 Å². The van der Waals surface area contributed by atoms with Crippen LogP contribution in [0.2, 0.25) is 0 Å². The van der Waals surface area contributed by atoms with E-state index in [9.17, 15) is 23.1 Å². The smallest absolute Gasteiger partial charge is 0.391 e. The number of carbonyl (C=O) groups excluding carboxylic acids is 1. The second kappa shape index (κ2) is 7.21. The summed E-state index contributed by atoms with van der Waals surface area (Å²) in [7, 11) is 0. The second-order valence-electron chi connectivity index (χ2n) is 6.02. The SMILES string of the molecule is CC(Cc1ccccc1C(F)(F)F)NC(=O)NCC(O)C1CC1. The highest BCUT2D eigenvalue weighted by atomic mass is 19.4. The molecular weight excluding hydrogens is 309 g/mol. The van der Waals surface area contributed by atoms with Gasteiger partial charge in [-0.3, -0.25) is 0 Å². The first-order valence-corrected chi connectivity index (χ1v) is 7.65. The average molecular weight is 330 g/mol. The van der Waals surface area contributed by atoms with Crippen LogP contribution in [0.1, 0.15) is 30.9 Å². The molecule has 7 heteroatoms. The number of aliphatic hydroxyl groups excluding tert-OH is 1. The average Bonchev–Trinajstić information content (AvgIpc) is 3.28. The summed E-state index contributed by atoms with van der Waals surface area (Å²) in [6, 6.07) is 4.39. The number of amides is 2. The van der Waals surface area contributed by atoms with E-state index in [0.717, 1.165) is 18.9 Å². The third-order valence-electron chi connectivity index (χ3n) is 3.86. The van der Waals surface area contributed by atoms with Crippen LogP contribution >= 0.6 is 0 Å². The Balaban J connectivity index is 1.84. The Hall–Kier alpha value is -1.76. The van der Waals surface area contributed by atoms with Crippen LogP contribution in [-0.2, 0) is 12.6 Å². The summed E-state index contributed by atoms with van der Waals surface area (Å²) < 4.78 is 38.8. The van der Waals surface area contributed by atoms with E-state index in [-0.39, 0.29) is 24.4 Å². The molecule has 0 heterocycles. The molecule has 2 unspecified atom stereocenters. The molecule has 1 aromatic rings. The highest BCUT2D eigenvalue weighted by Crippen LogP contribution is 2.33. The number of nitrogens with one attached hydrogen (secondary N) is 2. The van der Waals surface area contributed by atoms with Gasteiger partial charge in [0.05, 0.1) is 11.7 Å². The Morgan fingerprint density at radius 2 is 2.00 bits per heavy atom. The zero-order valence-electron chi connectivity index (χ0n) is 12.9. The molecule has 0 radical (unpaired) electrons. The highest BCUT2D eigenvalue weighted by Gasteiger charge is 2.33. The lowest BCUT2D eigenvalue weighted by Gasteiger charge is -2.18. The van der Waals surface area contributed by atoms with Gasteiger partial charge in [0.1, 0.15) is 0 Å². The molecule has 1 saturated carbocycles. The first-order chi connectivity index (χ1) is 10.8. The molecule has 0 saturated heterocycles. The van der Waals surface area contributed by atoms with Gasteiger partial charge < -0.3 is 15.7 Å². The lowest BCUT2D eigenvalue weighted by Crippen LogP contribution is -2.44. The maximum atomic E-state index is 12.9. The number of urea groups is 1. The maximum absolute atomic E-state index is 12.9. The van der Waals surface area contributed by atoms with E-state index >= 15 is 0 Å². The summed E-state index contributed by atoms with van der Waals surface area (Å²) in [6.45, 7) is 1.80. The first kappa shape index (κ1) is 17.6. The van der Waals surface area contributed by atoms with Crippen molar-refractivity contribution < 1.29 is 23.1 Å². The van der Waals surface area contributed by atoms with E-state index in [4.69, 9.17) is 0 Å². The van der Waals surface area contributed by atoms with E-state index in [0.29, 0.717) is 0 Å². The van der Waals surface area contributed by atoms with Gasteiger partial charge in [-0.25, -0.2) is 4.79 Å². The number of benzene rings is 1. The van der Waals surface area contributed by atoms with E-state index in [1.807, 2.05) is 0 Å². The Bertz CT molecular complexity index is 544. The van der Waals surface area contributed by atoms with Crippen molar-refractivity contribution in [3.05, 3.63) is 35.4 Å². The fraction of sp³-hybridized carbons (Fsp3) is 0.562. The van der Waals surface area contributed by atoms with Crippen molar-refractivity contribution >= 4 is 6.03 Å². The van der Waals surface area contributed by atoms with Crippen LogP contribution < -0.4 is 10.6 Å². The molecule has 0 bridgehead atoms. The van der Waals surface area contributed by atoms with Gasteiger partial charge in [-0.2, -0.15) is 13.2 Å². The molecule has 0 aromatic heterocycles. The monoisotopic (exact) mass is 330 g/mol. The van der Waals surface area contributed by atoms with Crippen LogP contribution in [0.15, 0.2) is 24.3 Å². The third kappa shape index (κ3) is 5.42. The van der Waals surface area contributed by atoms with Crippen molar-refractivity contribution in [3.8, 4) is 0 Å². The van der Waals surface area contributed by atoms with Crippen LogP contribution in [0.25, 0.3) is 0 Å². The van der Waals surface area contributed by atoms with E-state index < -0.39 is 29.9 Å². The molecule has 4 nitrogen and oxygen atoms in total. The molecule has 0 spiro atoms. The topological polar surface area (TPSA) is 61.4 Å². The van der Waals surface area contributed by atoms with Gasteiger partial charge in [-0.1, -0.05) is 18.2 Å². The molecule has 23 heavy (non-hydrogen) atoms. The summed E-state index contributed by atoms with van der Waals surface area (Å²) in [5.41, 5.74) is -0.538. The lowest BCUT2D eigenvalue weighted by atomic mass is 10.0. The van der Waals surface area contributed by atoms with Crippen molar-refractivity contribution in [1.29, 1.82) is 0 Å². The second-order valence-corrected chi connectivity index (χ2v) is 6.02. The normalized spacial score (nSPS) is 17.4. The van der Waals surface area contributed by atoms with Gasteiger partial charge in [0.25, 0.3) is 0 Å². The number of hydrogen-bond donors (Lipinski definition) is 3. The zero-order chi connectivity index (χ0) is 17.0. The quantitative estimate of drug-likeness (QED) is 0.751. The minimum absolute atomic E-state index is 0.0777. The minimum Gasteiger partial charge on any atom is -0.391 e. The molecule has 2 atom stereocenters. The van der Waals surface area contributed by atoms with Gasteiger partial charge in [0.2, 0.25) is 0 Å². The molecular formula is C16H21F3N2O2. The van der Waals surface area contributed by atoms with Crippen LogP contribution in [0.3, 0.4) is 0 Å². The Kier molecular flexibility index (Phi) is 5.51. The first-order valence-electron chi connectivity index (χ1n) is 7.65. The predicted molar refractivity (Wildman–Crippen MR) is 79.9 cm³/mol. The molecule has 1 fully saturated rings. The van der Waals surface area contributed by atoms with Crippen LogP contribution in [-0.4, -0.2) is 29.8 Å². The number of halogens is 3. The largest absolute Gasteiger partial charge is 0.416 e. The van der Waals surface area contributed by atoms with E-state index in [2.05, 4.69) is 10.6 Å². The molecule has 1 aromatic carbocycles. The fourth-order valence-electron chi connectivity index (χ4n) is 2.48. The minimum atomic E-state index is -4.41. The van der Waals surface area contributed by atoms with Gasteiger partial charge in [-0.15, -0.1) is 0 Å². The molecule has 2 amide bonds. The molecule has 0 aliphatic heterocycles. The number of carbonyl (C=O) groups is 1. The van der Waals surface area contributed by atoms with Gasteiger partial charge >= 0.3 is 12.2 Å². The summed E-state index contributed by atoms with van der Waals surface area (Å²) >= 11 is 0. The Labute approximate surface area is 133 Å².